The van der Waals surface area contributed by atoms with Crippen molar-refractivity contribution in [2.45, 2.75) is 95.7 Å². The standard InChI is InChI=1S/C22H38O4/c1-3-5-14-22(26,4-2)15-11-13-19-18(20(24)17-21(19)25)12-9-7-6-8-10-16-23/h4,10,16,18-19,21,23,25-26H,2-3,5-9,11-15,17H2,1H3/b16-10+/t18-,19-,21-,22?/m1/s1. The number of carbonyl (C=O) groups is 1. The fraction of sp³-hybridized carbons (Fsp3) is 0.773. The van der Waals surface area contributed by atoms with Gasteiger partial charge in [0.05, 0.1) is 18.0 Å². The Morgan fingerprint density at radius 3 is 2.54 bits per heavy atom. The summed E-state index contributed by atoms with van der Waals surface area (Å²) >= 11 is 0. The maximum Gasteiger partial charge on any atom is 0.138 e. The van der Waals surface area contributed by atoms with Crippen LogP contribution in [-0.4, -0.2) is 32.8 Å². The minimum absolute atomic E-state index is 0.0279. The molecular formula is C22H38O4. The predicted molar refractivity (Wildman–Crippen MR) is 106 cm³/mol. The first-order valence-corrected chi connectivity index (χ1v) is 10.3. The summed E-state index contributed by atoms with van der Waals surface area (Å²) in [6.45, 7) is 5.88. The summed E-state index contributed by atoms with van der Waals surface area (Å²) < 4.78 is 0. The zero-order valence-corrected chi connectivity index (χ0v) is 16.4. The molecule has 1 aliphatic carbocycles. The number of ketones is 1. The molecule has 0 spiro atoms. The van der Waals surface area contributed by atoms with E-state index in [4.69, 9.17) is 5.11 Å². The maximum absolute atomic E-state index is 12.2. The highest BCUT2D eigenvalue weighted by atomic mass is 16.3. The molecule has 0 aromatic heterocycles. The summed E-state index contributed by atoms with van der Waals surface area (Å²) in [6, 6.07) is 0. The van der Waals surface area contributed by atoms with Gasteiger partial charge in [-0.1, -0.05) is 44.8 Å². The number of carbonyl (C=O) groups excluding carboxylic acids is 1. The number of aliphatic hydroxyl groups excluding tert-OH is 2. The monoisotopic (exact) mass is 366 g/mol. The largest absolute Gasteiger partial charge is 0.516 e. The van der Waals surface area contributed by atoms with Gasteiger partial charge in [-0.2, -0.15) is 0 Å². The van der Waals surface area contributed by atoms with Crippen LogP contribution in [-0.2, 0) is 4.79 Å². The molecule has 0 aromatic rings. The van der Waals surface area contributed by atoms with Crippen molar-refractivity contribution in [2.75, 3.05) is 0 Å². The Bertz CT molecular complexity index is 445. The Morgan fingerprint density at radius 1 is 1.15 bits per heavy atom. The van der Waals surface area contributed by atoms with Crippen LogP contribution in [0.5, 0.6) is 0 Å². The lowest BCUT2D eigenvalue weighted by atomic mass is 9.83. The van der Waals surface area contributed by atoms with Gasteiger partial charge < -0.3 is 15.3 Å². The molecule has 26 heavy (non-hydrogen) atoms. The zero-order chi connectivity index (χ0) is 19.4. The highest BCUT2D eigenvalue weighted by Crippen LogP contribution is 2.37. The third-order valence-corrected chi connectivity index (χ3v) is 5.82. The first kappa shape index (κ1) is 22.9. The highest BCUT2D eigenvalue weighted by molar-refractivity contribution is 5.84. The molecule has 4 nitrogen and oxygen atoms in total. The van der Waals surface area contributed by atoms with E-state index in [1.807, 2.05) is 0 Å². The number of allylic oxidation sites excluding steroid dienone is 1. The number of unbranched alkanes of at least 4 members (excludes halogenated alkanes) is 4. The van der Waals surface area contributed by atoms with E-state index < -0.39 is 11.7 Å². The normalized spacial score (nSPS) is 25.7. The minimum Gasteiger partial charge on any atom is -0.516 e. The second-order valence-corrected chi connectivity index (χ2v) is 7.83. The molecule has 0 bridgehead atoms. The quantitative estimate of drug-likeness (QED) is 0.233. The van der Waals surface area contributed by atoms with Crippen LogP contribution in [0.15, 0.2) is 25.0 Å². The van der Waals surface area contributed by atoms with E-state index in [2.05, 4.69) is 13.5 Å². The van der Waals surface area contributed by atoms with Crippen LogP contribution in [0.3, 0.4) is 0 Å². The molecule has 1 saturated carbocycles. The van der Waals surface area contributed by atoms with E-state index in [1.165, 1.54) is 0 Å². The average Bonchev–Trinajstić information content (AvgIpc) is 2.89. The van der Waals surface area contributed by atoms with Gasteiger partial charge in [-0.05, 0) is 50.9 Å². The molecule has 0 aromatic carbocycles. The summed E-state index contributed by atoms with van der Waals surface area (Å²) in [5.74, 6) is 0.189. The molecule has 1 fully saturated rings. The van der Waals surface area contributed by atoms with Gasteiger partial charge in [-0.25, -0.2) is 0 Å². The van der Waals surface area contributed by atoms with E-state index in [0.717, 1.165) is 70.5 Å². The third kappa shape index (κ3) is 7.63. The fourth-order valence-corrected chi connectivity index (χ4v) is 4.12. The molecule has 4 heteroatoms. The van der Waals surface area contributed by atoms with Crippen molar-refractivity contribution >= 4 is 5.78 Å². The van der Waals surface area contributed by atoms with Crippen LogP contribution >= 0.6 is 0 Å². The van der Waals surface area contributed by atoms with E-state index in [-0.39, 0.29) is 24.0 Å². The van der Waals surface area contributed by atoms with E-state index in [9.17, 15) is 15.0 Å². The first-order valence-electron chi connectivity index (χ1n) is 10.3. The Hall–Kier alpha value is -1.13. The Morgan fingerprint density at radius 2 is 1.88 bits per heavy atom. The first-order chi connectivity index (χ1) is 12.5. The van der Waals surface area contributed by atoms with Crippen LogP contribution in [0.4, 0.5) is 0 Å². The van der Waals surface area contributed by atoms with Crippen molar-refractivity contribution in [3.05, 3.63) is 25.0 Å². The van der Waals surface area contributed by atoms with Gasteiger partial charge in [0.25, 0.3) is 0 Å². The Balaban J connectivity index is 2.43. The fourth-order valence-electron chi connectivity index (χ4n) is 4.12. The molecule has 0 amide bonds. The number of Topliss-reactive ketones (excluding diaryl/α,β-unsaturated/α-hetero) is 1. The van der Waals surface area contributed by atoms with Gasteiger partial charge in [0, 0.05) is 12.3 Å². The van der Waals surface area contributed by atoms with Crippen molar-refractivity contribution in [1.29, 1.82) is 0 Å². The lowest BCUT2D eigenvalue weighted by Gasteiger charge is -2.26. The molecule has 0 radical (unpaired) electrons. The van der Waals surface area contributed by atoms with E-state index in [1.54, 1.807) is 12.2 Å². The minimum atomic E-state index is -0.820. The number of aliphatic hydroxyl groups is 3. The molecular weight excluding hydrogens is 328 g/mol. The molecule has 0 heterocycles. The molecule has 4 atom stereocenters. The second kappa shape index (κ2) is 12.3. The van der Waals surface area contributed by atoms with Gasteiger partial charge in [-0.15, -0.1) is 6.58 Å². The molecule has 1 rings (SSSR count). The van der Waals surface area contributed by atoms with Crippen molar-refractivity contribution in [1.82, 2.24) is 0 Å². The topological polar surface area (TPSA) is 77.8 Å². The molecule has 0 aliphatic heterocycles. The van der Waals surface area contributed by atoms with Crippen molar-refractivity contribution in [3.8, 4) is 0 Å². The van der Waals surface area contributed by atoms with Crippen LogP contribution < -0.4 is 0 Å². The SMILES string of the molecule is C=CC(O)(CCCC)CCC[C@H]1[C@H](O)CC(=O)[C@@H]1CCCCC/C=C/O. The van der Waals surface area contributed by atoms with Crippen LogP contribution in [0.1, 0.15) is 84.0 Å². The van der Waals surface area contributed by atoms with Crippen molar-refractivity contribution in [3.63, 3.8) is 0 Å². The van der Waals surface area contributed by atoms with Gasteiger partial charge in [0.1, 0.15) is 5.78 Å². The number of hydrogen-bond donors (Lipinski definition) is 3. The maximum atomic E-state index is 12.2. The summed E-state index contributed by atoms with van der Waals surface area (Å²) in [4.78, 5) is 12.2. The van der Waals surface area contributed by atoms with Crippen molar-refractivity contribution in [2.24, 2.45) is 11.8 Å². The van der Waals surface area contributed by atoms with Gasteiger partial charge >= 0.3 is 0 Å². The highest BCUT2D eigenvalue weighted by Gasteiger charge is 2.40. The van der Waals surface area contributed by atoms with Gasteiger partial charge in [0.2, 0.25) is 0 Å². The third-order valence-electron chi connectivity index (χ3n) is 5.82. The lowest BCUT2D eigenvalue weighted by Crippen LogP contribution is -2.27. The zero-order valence-electron chi connectivity index (χ0n) is 16.4. The number of rotatable bonds is 14. The number of hydrogen-bond acceptors (Lipinski definition) is 4. The Labute approximate surface area is 159 Å². The molecule has 150 valence electrons. The van der Waals surface area contributed by atoms with Crippen molar-refractivity contribution < 1.29 is 20.1 Å². The summed E-state index contributed by atoms with van der Waals surface area (Å²) in [6.07, 6.45) is 13.9. The lowest BCUT2D eigenvalue weighted by molar-refractivity contribution is -0.121. The second-order valence-electron chi connectivity index (χ2n) is 7.83. The molecule has 1 aliphatic rings. The molecule has 1 unspecified atom stereocenters. The van der Waals surface area contributed by atoms with Crippen LogP contribution in [0.2, 0.25) is 0 Å². The molecule has 0 saturated heterocycles. The summed E-state index contributed by atoms with van der Waals surface area (Å²) in [5.41, 5.74) is -0.820. The van der Waals surface area contributed by atoms with E-state index >= 15 is 0 Å². The van der Waals surface area contributed by atoms with Gasteiger partial charge in [-0.3, -0.25) is 4.79 Å². The summed E-state index contributed by atoms with van der Waals surface area (Å²) in [5, 5.41) is 29.5. The Kier molecular flexibility index (Phi) is 10.8. The summed E-state index contributed by atoms with van der Waals surface area (Å²) in [7, 11) is 0. The smallest absolute Gasteiger partial charge is 0.138 e. The van der Waals surface area contributed by atoms with E-state index in [0.29, 0.717) is 6.42 Å². The van der Waals surface area contributed by atoms with Crippen LogP contribution in [0.25, 0.3) is 0 Å². The average molecular weight is 367 g/mol. The van der Waals surface area contributed by atoms with Gasteiger partial charge in [0.15, 0.2) is 0 Å². The predicted octanol–water partition coefficient (Wildman–Crippen LogP) is 4.85. The molecule has 3 N–H and O–H groups in total. The van der Waals surface area contributed by atoms with Crippen LogP contribution in [0, 0.1) is 11.8 Å².